The lowest BCUT2D eigenvalue weighted by Crippen LogP contribution is -2.38. The largest absolute Gasteiger partial charge is 0.459 e. The van der Waals surface area contributed by atoms with Gasteiger partial charge in [0.2, 0.25) is 0 Å². The molecule has 1 atom stereocenters. The Balaban J connectivity index is 2.01. The van der Waals surface area contributed by atoms with E-state index in [-0.39, 0.29) is 5.97 Å². The summed E-state index contributed by atoms with van der Waals surface area (Å²) < 4.78 is 5.29. The Morgan fingerprint density at radius 3 is 2.41 bits per heavy atom. The predicted molar refractivity (Wildman–Crippen MR) is 87.2 cm³/mol. The molecule has 0 saturated carbocycles. The molecule has 0 spiro atoms. The van der Waals surface area contributed by atoms with E-state index in [2.05, 4.69) is 4.98 Å². The zero-order valence-electron chi connectivity index (χ0n) is 13.2. The molecule has 0 amide bonds. The maximum absolute atomic E-state index is 11.9. The number of aromatic nitrogens is 1. The number of ether oxygens (including phenoxy) is 1. The number of benzene rings is 1. The lowest BCUT2D eigenvalue weighted by Gasteiger charge is -2.22. The molecule has 116 valence electrons. The number of carbonyl (C=O) groups excluding carboxylic acids is 1. The molecule has 2 aromatic rings. The standard InChI is InChI=1S/C18H22N2O2/c1-18(2,3)22-17(21)15(19)12-13-7-9-14(10-8-13)16-6-4-5-11-20-16/h4-11,15H,12,19H2,1-3H3. The Kier molecular flexibility index (Phi) is 4.93. The van der Waals surface area contributed by atoms with E-state index >= 15 is 0 Å². The average Bonchev–Trinajstić information content (AvgIpc) is 2.47. The lowest BCUT2D eigenvalue weighted by molar-refractivity contribution is -0.156. The van der Waals surface area contributed by atoms with E-state index < -0.39 is 11.6 Å². The van der Waals surface area contributed by atoms with Gasteiger partial charge in [-0.1, -0.05) is 30.3 Å². The van der Waals surface area contributed by atoms with Crippen LogP contribution in [0.1, 0.15) is 26.3 Å². The van der Waals surface area contributed by atoms with Crippen molar-refractivity contribution in [2.45, 2.75) is 38.8 Å². The van der Waals surface area contributed by atoms with Crippen LogP contribution in [0.25, 0.3) is 11.3 Å². The van der Waals surface area contributed by atoms with E-state index in [1.54, 1.807) is 6.20 Å². The van der Waals surface area contributed by atoms with Gasteiger partial charge in [-0.05, 0) is 44.9 Å². The Bertz CT molecular complexity index is 616. The van der Waals surface area contributed by atoms with E-state index in [1.165, 1.54) is 0 Å². The van der Waals surface area contributed by atoms with E-state index in [0.29, 0.717) is 6.42 Å². The van der Waals surface area contributed by atoms with Crippen LogP contribution >= 0.6 is 0 Å². The first-order chi connectivity index (χ1) is 10.3. The fourth-order valence-electron chi connectivity index (χ4n) is 2.06. The van der Waals surface area contributed by atoms with Crippen LogP contribution in [0, 0.1) is 0 Å². The van der Waals surface area contributed by atoms with Gasteiger partial charge in [0.15, 0.2) is 0 Å². The molecular weight excluding hydrogens is 276 g/mol. The molecule has 0 aliphatic heterocycles. The van der Waals surface area contributed by atoms with Gasteiger partial charge in [0.05, 0.1) is 5.69 Å². The summed E-state index contributed by atoms with van der Waals surface area (Å²) >= 11 is 0. The zero-order valence-corrected chi connectivity index (χ0v) is 13.2. The molecule has 0 radical (unpaired) electrons. The number of hydrogen-bond acceptors (Lipinski definition) is 4. The van der Waals surface area contributed by atoms with Crippen molar-refractivity contribution in [1.82, 2.24) is 4.98 Å². The number of rotatable bonds is 4. The molecule has 1 aromatic carbocycles. The number of esters is 1. The normalized spacial score (nSPS) is 12.7. The number of pyridine rings is 1. The number of nitrogens with two attached hydrogens (primary N) is 1. The van der Waals surface area contributed by atoms with Gasteiger partial charge in [-0.15, -0.1) is 0 Å². The summed E-state index contributed by atoms with van der Waals surface area (Å²) in [5, 5.41) is 0. The quantitative estimate of drug-likeness (QED) is 0.881. The van der Waals surface area contributed by atoms with Crippen LogP contribution in [0.2, 0.25) is 0 Å². The third kappa shape index (κ3) is 4.67. The first-order valence-electron chi connectivity index (χ1n) is 7.34. The first kappa shape index (κ1) is 16.2. The number of hydrogen-bond donors (Lipinski definition) is 1. The summed E-state index contributed by atoms with van der Waals surface area (Å²) in [7, 11) is 0. The molecule has 2 N–H and O–H groups in total. The molecule has 4 nitrogen and oxygen atoms in total. The summed E-state index contributed by atoms with van der Waals surface area (Å²) in [6, 6.07) is 13.1. The molecular formula is C18H22N2O2. The summed E-state index contributed by atoms with van der Waals surface area (Å²) in [5.74, 6) is -0.374. The van der Waals surface area contributed by atoms with Gasteiger partial charge in [0.25, 0.3) is 0 Å². The molecule has 1 unspecified atom stereocenters. The highest BCUT2D eigenvalue weighted by Crippen LogP contribution is 2.18. The summed E-state index contributed by atoms with van der Waals surface area (Å²) in [6.07, 6.45) is 2.22. The fraction of sp³-hybridized carbons (Fsp3) is 0.333. The average molecular weight is 298 g/mol. The van der Waals surface area contributed by atoms with Gasteiger partial charge in [0, 0.05) is 11.8 Å². The minimum atomic E-state index is -0.653. The molecule has 22 heavy (non-hydrogen) atoms. The fourth-order valence-corrected chi connectivity index (χ4v) is 2.06. The molecule has 0 aliphatic carbocycles. The molecule has 0 bridgehead atoms. The van der Waals surface area contributed by atoms with Crippen molar-refractivity contribution in [2.75, 3.05) is 0 Å². The van der Waals surface area contributed by atoms with Crippen molar-refractivity contribution in [3.8, 4) is 11.3 Å². The third-order valence-corrected chi connectivity index (χ3v) is 3.08. The summed E-state index contributed by atoms with van der Waals surface area (Å²) in [6.45, 7) is 5.50. The zero-order chi connectivity index (χ0) is 16.2. The second-order valence-electron chi connectivity index (χ2n) is 6.26. The van der Waals surface area contributed by atoms with Gasteiger partial charge in [-0.25, -0.2) is 0 Å². The van der Waals surface area contributed by atoms with Gasteiger partial charge in [-0.3, -0.25) is 9.78 Å². The molecule has 4 heteroatoms. The maximum Gasteiger partial charge on any atom is 0.323 e. The molecule has 0 saturated heterocycles. The van der Waals surface area contributed by atoms with Gasteiger partial charge < -0.3 is 10.5 Å². The molecule has 2 rings (SSSR count). The Hall–Kier alpha value is -2.20. The molecule has 0 aliphatic rings. The van der Waals surface area contributed by atoms with Crippen LogP contribution in [0.15, 0.2) is 48.7 Å². The van der Waals surface area contributed by atoms with Crippen molar-refractivity contribution in [3.05, 3.63) is 54.2 Å². The van der Waals surface area contributed by atoms with Crippen LogP contribution in [-0.4, -0.2) is 22.6 Å². The van der Waals surface area contributed by atoms with Crippen LogP contribution < -0.4 is 5.73 Å². The van der Waals surface area contributed by atoms with Crippen LogP contribution in [0.4, 0.5) is 0 Å². The SMILES string of the molecule is CC(C)(C)OC(=O)C(N)Cc1ccc(-c2ccccn2)cc1. The lowest BCUT2D eigenvalue weighted by atomic mass is 10.0. The van der Waals surface area contributed by atoms with Gasteiger partial charge in [0.1, 0.15) is 11.6 Å². The Labute approximate surface area is 131 Å². The second kappa shape index (κ2) is 6.71. The predicted octanol–water partition coefficient (Wildman–Crippen LogP) is 2.96. The minimum Gasteiger partial charge on any atom is -0.459 e. The van der Waals surface area contributed by atoms with Crippen molar-refractivity contribution in [1.29, 1.82) is 0 Å². The van der Waals surface area contributed by atoms with Gasteiger partial charge in [-0.2, -0.15) is 0 Å². The van der Waals surface area contributed by atoms with Crippen molar-refractivity contribution in [3.63, 3.8) is 0 Å². The van der Waals surface area contributed by atoms with E-state index in [9.17, 15) is 4.79 Å². The van der Waals surface area contributed by atoms with Crippen molar-refractivity contribution >= 4 is 5.97 Å². The van der Waals surface area contributed by atoms with Crippen LogP contribution in [0.5, 0.6) is 0 Å². The van der Waals surface area contributed by atoms with Crippen LogP contribution in [-0.2, 0) is 16.0 Å². The highest BCUT2D eigenvalue weighted by Gasteiger charge is 2.22. The number of carbonyl (C=O) groups is 1. The Morgan fingerprint density at radius 2 is 1.86 bits per heavy atom. The van der Waals surface area contributed by atoms with E-state index in [0.717, 1.165) is 16.8 Å². The molecule has 0 fully saturated rings. The maximum atomic E-state index is 11.9. The Morgan fingerprint density at radius 1 is 1.18 bits per heavy atom. The topological polar surface area (TPSA) is 65.2 Å². The number of nitrogens with zero attached hydrogens (tertiary/aromatic N) is 1. The van der Waals surface area contributed by atoms with E-state index in [1.807, 2.05) is 63.2 Å². The molecule has 1 heterocycles. The highest BCUT2D eigenvalue weighted by atomic mass is 16.6. The van der Waals surface area contributed by atoms with E-state index in [4.69, 9.17) is 10.5 Å². The van der Waals surface area contributed by atoms with Crippen molar-refractivity contribution < 1.29 is 9.53 Å². The van der Waals surface area contributed by atoms with Gasteiger partial charge >= 0.3 is 5.97 Å². The monoisotopic (exact) mass is 298 g/mol. The summed E-state index contributed by atoms with van der Waals surface area (Å²) in [5.41, 5.74) is 8.36. The minimum absolute atomic E-state index is 0.374. The summed E-state index contributed by atoms with van der Waals surface area (Å²) in [4.78, 5) is 16.2. The highest BCUT2D eigenvalue weighted by molar-refractivity contribution is 5.76. The molecule has 1 aromatic heterocycles. The smallest absolute Gasteiger partial charge is 0.323 e. The first-order valence-corrected chi connectivity index (χ1v) is 7.34. The van der Waals surface area contributed by atoms with Crippen LogP contribution in [0.3, 0.4) is 0 Å². The van der Waals surface area contributed by atoms with Crippen molar-refractivity contribution in [2.24, 2.45) is 5.73 Å². The third-order valence-electron chi connectivity index (χ3n) is 3.08. The second-order valence-corrected chi connectivity index (χ2v) is 6.26.